The molecule has 3 rings (SSSR count). The van der Waals surface area contributed by atoms with Crippen molar-refractivity contribution in [2.24, 2.45) is 7.05 Å². The molecule has 0 atom stereocenters. The van der Waals surface area contributed by atoms with E-state index < -0.39 is 11.7 Å². The summed E-state index contributed by atoms with van der Waals surface area (Å²) in [6.45, 7) is 5.56. The Morgan fingerprint density at radius 2 is 2.10 bits per heavy atom. The van der Waals surface area contributed by atoms with Crippen molar-refractivity contribution in [2.45, 2.75) is 19.6 Å². The summed E-state index contributed by atoms with van der Waals surface area (Å²) < 4.78 is 43.2. The summed E-state index contributed by atoms with van der Waals surface area (Å²) in [4.78, 5) is 0. The van der Waals surface area contributed by atoms with E-state index in [1.807, 2.05) is 0 Å². The van der Waals surface area contributed by atoms with E-state index in [9.17, 15) is 13.2 Å². The van der Waals surface area contributed by atoms with Crippen LogP contribution in [-0.4, -0.2) is 27.0 Å². The fraction of sp³-hybridized carbons (Fsp3) is 0.238. The number of halogens is 3. The van der Waals surface area contributed by atoms with Crippen LogP contribution in [0.1, 0.15) is 34.9 Å². The van der Waals surface area contributed by atoms with Crippen molar-refractivity contribution in [1.29, 1.82) is 0 Å². The van der Waals surface area contributed by atoms with Gasteiger partial charge in [0.1, 0.15) is 5.69 Å². The number of H-pyrrole nitrogens is 1. The van der Waals surface area contributed by atoms with Crippen LogP contribution in [0.3, 0.4) is 0 Å². The maximum Gasteiger partial charge on any atom is 0.417 e. The number of alkyl halides is 3. The Balaban J connectivity index is 2.18. The SMILES string of the molecule is C=Cc1[nH]nc(-c2cnn(C)c2)c1/C=C(\C)c1cccc(CNC)c1C(F)(F)F. The van der Waals surface area contributed by atoms with E-state index in [1.54, 1.807) is 56.3 Å². The zero-order valence-electron chi connectivity index (χ0n) is 16.4. The summed E-state index contributed by atoms with van der Waals surface area (Å²) in [7, 11) is 3.41. The molecule has 0 spiro atoms. The predicted molar refractivity (Wildman–Crippen MR) is 109 cm³/mol. The molecule has 0 unspecified atom stereocenters. The standard InChI is InChI=1S/C21H22F3N5/c1-5-18-17(20(28-27-18)15-11-26-29(4)12-15)9-13(2)16-8-6-7-14(10-25-3)19(16)21(22,23)24/h5-9,11-12,25H,1,10H2,2-4H3,(H,27,28)/b13-9+. The molecule has 152 valence electrons. The summed E-state index contributed by atoms with van der Waals surface area (Å²) in [5.74, 6) is 0. The van der Waals surface area contributed by atoms with Gasteiger partial charge in [0.15, 0.2) is 0 Å². The van der Waals surface area contributed by atoms with Crippen molar-refractivity contribution < 1.29 is 13.2 Å². The first-order chi connectivity index (χ1) is 13.8. The molecule has 0 aliphatic rings. The zero-order chi connectivity index (χ0) is 21.2. The Bertz CT molecular complexity index is 1060. The van der Waals surface area contributed by atoms with Gasteiger partial charge in [0.25, 0.3) is 0 Å². The lowest BCUT2D eigenvalue weighted by atomic mass is 9.93. The molecular weight excluding hydrogens is 379 g/mol. The van der Waals surface area contributed by atoms with Gasteiger partial charge in [-0.05, 0) is 42.8 Å². The van der Waals surface area contributed by atoms with Gasteiger partial charge in [-0.15, -0.1) is 0 Å². The third kappa shape index (κ3) is 4.17. The Hall–Kier alpha value is -3.13. The molecule has 0 bridgehead atoms. The highest BCUT2D eigenvalue weighted by atomic mass is 19.4. The monoisotopic (exact) mass is 401 g/mol. The second-order valence-electron chi connectivity index (χ2n) is 6.70. The van der Waals surface area contributed by atoms with Gasteiger partial charge >= 0.3 is 6.18 Å². The van der Waals surface area contributed by atoms with Crippen LogP contribution in [0.2, 0.25) is 0 Å². The number of nitrogens with one attached hydrogen (secondary N) is 2. The minimum absolute atomic E-state index is 0.126. The lowest BCUT2D eigenvalue weighted by Crippen LogP contribution is -2.16. The number of rotatable bonds is 6. The van der Waals surface area contributed by atoms with Gasteiger partial charge in [-0.1, -0.05) is 24.8 Å². The maximum atomic E-state index is 13.9. The Kier molecular flexibility index (Phi) is 5.74. The van der Waals surface area contributed by atoms with Gasteiger partial charge in [-0.3, -0.25) is 9.78 Å². The number of hydrogen-bond donors (Lipinski definition) is 2. The maximum absolute atomic E-state index is 13.9. The Morgan fingerprint density at radius 1 is 1.34 bits per heavy atom. The van der Waals surface area contributed by atoms with E-state index in [0.717, 1.165) is 5.56 Å². The van der Waals surface area contributed by atoms with Crippen LogP contribution in [0.15, 0.2) is 37.2 Å². The van der Waals surface area contributed by atoms with E-state index in [4.69, 9.17) is 0 Å². The molecule has 3 aromatic rings. The van der Waals surface area contributed by atoms with Crippen LogP contribution in [0.25, 0.3) is 29.0 Å². The number of allylic oxidation sites excluding steroid dienone is 1. The third-order valence-electron chi connectivity index (χ3n) is 4.60. The largest absolute Gasteiger partial charge is 0.417 e. The molecule has 0 fully saturated rings. The van der Waals surface area contributed by atoms with Crippen molar-refractivity contribution in [3.8, 4) is 11.3 Å². The van der Waals surface area contributed by atoms with Gasteiger partial charge in [0, 0.05) is 30.9 Å². The van der Waals surface area contributed by atoms with Crippen LogP contribution < -0.4 is 5.32 Å². The number of aromatic nitrogens is 4. The summed E-state index contributed by atoms with van der Waals surface area (Å²) in [6, 6.07) is 4.62. The van der Waals surface area contributed by atoms with Crippen molar-refractivity contribution in [2.75, 3.05) is 7.05 Å². The highest BCUT2D eigenvalue weighted by Crippen LogP contribution is 2.38. The van der Waals surface area contributed by atoms with Crippen LogP contribution in [-0.2, 0) is 19.8 Å². The zero-order valence-corrected chi connectivity index (χ0v) is 16.4. The molecule has 29 heavy (non-hydrogen) atoms. The molecule has 1 aromatic carbocycles. The minimum atomic E-state index is -4.47. The van der Waals surface area contributed by atoms with Crippen molar-refractivity contribution in [3.63, 3.8) is 0 Å². The Morgan fingerprint density at radius 3 is 2.69 bits per heavy atom. The number of nitrogens with zero attached hydrogens (tertiary/aromatic N) is 3. The fourth-order valence-electron chi connectivity index (χ4n) is 3.32. The normalized spacial score (nSPS) is 12.4. The highest BCUT2D eigenvalue weighted by Gasteiger charge is 2.36. The van der Waals surface area contributed by atoms with Gasteiger partial charge < -0.3 is 5.32 Å². The summed E-state index contributed by atoms with van der Waals surface area (Å²) in [6.07, 6.45) is 2.28. The highest BCUT2D eigenvalue weighted by molar-refractivity contribution is 5.88. The topological polar surface area (TPSA) is 58.5 Å². The molecule has 2 N–H and O–H groups in total. The molecule has 2 aromatic heterocycles. The Labute approximate surface area is 167 Å². The van der Waals surface area contributed by atoms with Crippen LogP contribution in [0, 0.1) is 0 Å². The van der Waals surface area contributed by atoms with Crippen molar-refractivity contribution in [1.82, 2.24) is 25.3 Å². The first-order valence-corrected chi connectivity index (χ1v) is 8.98. The molecule has 5 nitrogen and oxygen atoms in total. The first kappa shape index (κ1) is 20.6. The van der Waals surface area contributed by atoms with Gasteiger partial charge in [0.05, 0.1) is 17.5 Å². The lowest BCUT2D eigenvalue weighted by molar-refractivity contribution is -0.138. The smallest absolute Gasteiger partial charge is 0.316 e. The molecule has 0 amide bonds. The van der Waals surface area contributed by atoms with Gasteiger partial charge in [-0.25, -0.2) is 0 Å². The lowest BCUT2D eigenvalue weighted by Gasteiger charge is -2.18. The van der Waals surface area contributed by atoms with E-state index >= 15 is 0 Å². The number of hydrogen-bond acceptors (Lipinski definition) is 3. The molecule has 2 heterocycles. The average molecular weight is 401 g/mol. The number of aromatic amines is 1. The van der Waals surface area contributed by atoms with E-state index in [0.29, 0.717) is 22.5 Å². The predicted octanol–water partition coefficient (Wildman–Crippen LogP) is 4.75. The molecule has 0 saturated carbocycles. The minimum Gasteiger partial charge on any atom is -0.316 e. The molecule has 0 aliphatic heterocycles. The van der Waals surface area contributed by atoms with Crippen LogP contribution in [0.4, 0.5) is 13.2 Å². The second-order valence-corrected chi connectivity index (χ2v) is 6.70. The number of benzene rings is 1. The number of aryl methyl sites for hydroxylation is 1. The quantitative estimate of drug-likeness (QED) is 0.627. The summed E-state index contributed by atoms with van der Waals surface area (Å²) >= 11 is 0. The van der Waals surface area contributed by atoms with E-state index in [1.165, 1.54) is 12.1 Å². The molecular formula is C21H22F3N5. The average Bonchev–Trinajstić information content (AvgIpc) is 3.26. The molecule has 0 saturated heterocycles. The molecule has 0 radical (unpaired) electrons. The van der Waals surface area contributed by atoms with E-state index in [-0.39, 0.29) is 17.7 Å². The van der Waals surface area contributed by atoms with E-state index in [2.05, 4.69) is 27.2 Å². The van der Waals surface area contributed by atoms with Crippen molar-refractivity contribution >= 4 is 17.7 Å². The van der Waals surface area contributed by atoms with Crippen LogP contribution >= 0.6 is 0 Å². The fourth-order valence-corrected chi connectivity index (χ4v) is 3.32. The molecule has 0 aliphatic carbocycles. The third-order valence-corrected chi connectivity index (χ3v) is 4.60. The second kappa shape index (κ2) is 8.08. The van der Waals surface area contributed by atoms with Gasteiger partial charge in [0.2, 0.25) is 0 Å². The van der Waals surface area contributed by atoms with Crippen LogP contribution in [0.5, 0.6) is 0 Å². The molecule has 8 heteroatoms. The van der Waals surface area contributed by atoms with Gasteiger partial charge in [-0.2, -0.15) is 23.4 Å². The van der Waals surface area contributed by atoms with Crippen molar-refractivity contribution in [3.05, 3.63) is 65.1 Å². The first-order valence-electron chi connectivity index (χ1n) is 8.98. The summed E-state index contributed by atoms with van der Waals surface area (Å²) in [5.41, 5.74) is 2.84. The summed E-state index contributed by atoms with van der Waals surface area (Å²) in [5, 5.41) is 14.1.